The summed E-state index contributed by atoms with van der Waals surface area (Å²) in [4.78, 5) is 14.3. The molecule has 0 bridgehead atoms. The first kappa shape index (κ1) is 17.9. The van der Waals surface area contributed by atoms with Crippen LogP contribution < -0.4 is 10.0 Å². The zero-order valence-corrected chi connectivity index (χ0v) is 14.3. The molecule has 1 aromatic carbocycles. The van der Waals surface area contributed by atoms with Gasteiger partial charge in [0.15, 0.2) is 0 Å². The molecule has 1 atom stereocenters. The van der Waals surface area contributed by atoms with Gasteiger partial charge in [-0.2, -0.15) is 0 Å². The zero-order chi connectivity index (χ0) is 16.7. The van der Waals surface area contributed by atoms with Gasteiger partial charge in [0.05, 0.1) is 12.3 Å². The highest BCUT2D eigenvalue weighted by molar-refractivity contribution is 7.88. The number of hydrogen-bond donors (Lipinski definition) is 2. The van der Waals surface area contributed by atoms with E-state index in [1.54, 1.807) is 0 Å². The van der Waals surface area contributed by atoms with Crippen LogP contribution in [0, 0.1) is 0 Å². The molecule has 1 heterocycles. The molecule has 128 valence electrons. The summed E-state index contributed by atoms with van der Waals surface area (Å²) in [6, 6.07) is 10.3. The molecule has 1 saturated heterocycles. The van der Waals surface area contributed by atoms with Gasteiger partial charge < -0.3 is 5.32 Å². The van der Waals surface area contributed by atoms with E-state index in [0.29, 0.717) is 6.54 Å². The average molecular weight is 339 g/mol. The van der Waals surface area contributed by atoms with E-state index in [9.17, 15) is 13.2 Å². The number of nitrogens with one attached hydrogen (secondary N) is 2. The molecule has 23 heavy (non-hydrogen) atoms. The third-order valence-electron chi connectivity index (χ3n) is 3.97. The normalized spacial score (nSPS) is 17.1. The second-order valence-electron chi connectivity index (χ2n) is 5.89. The molecule has 1 amide bonds. The lowest BCUT2D eigenvalue weighted by Gasteiger charge is -2.28. The second kappa shape index (κ2) is 8.42. The van der Waals surface area contributed by atoms with Crippen LogP contribution in [0.3, 0.4) is 0 Å². The van der Waals surface area contributed by atoms with Gasteiger partial charge in [0, 0.05) is 19.5 Å². The Hall–Kier alpha value is -1.44. The molecule has 7 heteroatoms. The lowest BCUT2D eigenvalue weighted by atomic mass is 10.1. The first-order valence-corrected chi connectivity index (χ1v) is 9.85. The van der Waals surface area contributed by atoms with E-state index in [1.165, 1.54) is 18.4 Å². The summed E-state index contributed by atoms with van der Waals surface area (Å²) in [7, 11) is -3.25. The van der Waals surface area contributed by atoms with Crippen LogP contribution in [-0.2, 0) is 14.8 Å². The van der Waals surface area contributed by atoms with Crippen LogP contribution in [0.2, 0.25) is 0 Å². The predicted octanol–water partition coefficient (Wildman–Crippen LogP) is 0.879. The maximum Gasteiger partial charge on any atom is 0.221 e. The highest BCUT2D eigenvalue weighted by Gasteiger charge is 2.23. The fourth-order valence-corrected chi connectivity index (χ4v) is 3.31. The van der Waals surface area contributed by atoms with Gasteiger partial charge in [0.2, 0.25) is 15.9 Å². The minimum Gasteiger partial charge on any atom is -0.354 e. The van der Waals surface area contributed by atoms with Gasteiger partial charge in [-0.1, -0.05) is 30.3 Å². The van der Waals surface area contributed by atoms with Crippen LogP contribution in [0.4, 0.5) is 0 Å². The Morgan fingerprint density at radius 3 is 2.48 bits per heavy atom. The van der Waals surface area contributed by atoms with E-state index >= 15 is 0 Å². The lowest BCUT2D eigenvalue weighted by Crippen LogP contribution is -2.38. The third kappa shape index (κ3) is 6.29. The van der Waals surface area contributed by atoms with Crippen LogP contribution in [0.25, 0.3) is 0 Å². The van der Waals surface area contributed by atoms with E-state index in [2.05, 4.69) is 27.1 Å². The van der Waals surface area contributed by atoms with Gasteiger partial charge >= 0.3 is 0 Å². The Labute approximate surface area is 138 Å². The van der Waals surface area contributed by atoms with Crippen LogP contribution in [0.5, 0.6) is 0 Å². The highest BCUT2D eigenvalue weighted by atomic mass is 32.2. The number of hydrogen-bond acceptors (Lipinski definition) is 4. The minimum absolute atomic E-state index is 0.129. The van der Waals surface area contributed by atoms with Crippen molar-refractivity contribution in [3.05, 3.63) is 35.9 Å². The first-order valence-electron chi connectivity index (χ1n) is 7.96. The van der Waals surface area contributed by atoms with Crippen molar-refractivity contribution in [1.82, 2.24) is 14.9 Å². The highest BCUT2D eigenvalue weighted by Crippen LogP contribution is 2.24. The summed E-state index contributed by atoms with van der Waals surface area (Å²) < 4.78 is 24.3. The van der Waals surface area contributed by atoms with Gasteiger partial charge in [-0.25, -0.2) is 13.1 Å². The quantitative estimate of drug-likeness (QED) is 0.737. The van der Waals surface area contributed by atoms with Crippen molar-refractivity contribution in [2.24, 2.45) is 0 Å². The SMILES string of the molecule is CS(=O)(=O)NCCC(=O)NC[C@@H](c1ccccc1)N1CCCC1. The maximum atomic E-state index is 11.9. The van der Waals surface area contributed by atoms with E-state index in [4.69, 9.17) is 0 Å². The summed E-state index contributed by atoms with van der Waals surface area (Å²) in [5, 5.41) is 2.93. The molecule has 1 aliphatic heterocycles. The number of carbonyl (C=O) groups is 1. The number of rotatable bonds is 8. The smallest absolute Gasteiger partial charge is 0.221 e. The molecule has 2 N–H and O–H groups in total. The van der Waals surface area contributed by atoms with Crippen LogP contribution in [0.15, 0.2) is 30.3 Å². The Morgan fingerprint density at radius 2 is 1.87 bits per heavy atom. The molecule has 0 spiro atoms. The third-order valence-corrected chi connectivity index (χ3v) is 4.70. The summed E-state index contributed by atoms with van der Waals surface area (Å²) in [6.07, 6.45) is 3.61. The predicted molar refractivity (Wildman–Crippen MR) is 90.5 cm³/mol. The van der Waals surface area contributed by atoms with Crippen LogP contribution in [-0.4, -0.2) is 51.7 Å². The van der Waals surface area contributed by atoms with Gasteiger partial charge in [0.1, 0.15) is 0 Å². The van der Waals surface area contributed by atoms with Gasteiger partial charge in [-0.05, 0) is 31.5 Å². The molecular formula is C16H25N3O3S. The van der Waals surface area contributed by atoms with E-state index < -0.39 is 10.0 Å². The monoisotopic (exact) mass is 339 g/mol. The average Bonchev–Trinajstić information content (AvgIpc) is 3.01. The molecule has 0 unspecified atom stereocenters. The number of sulfonamides is 1. The summed E-state index contributed by atoms with van der Waals surface area (Å²) >= 11 is 0. The van der Waals surface area contributed by atoms with Gasteiger partial charge in [0.25, 0.3) is 0 Å². The summed E-state index contributed by atoms with van der Waals surface area (Å²) in [5.74, 6) is -0.138. The summed E-state index contributed by atoms with van der Waals surface area (Å²) in [5.41, 5.74) is 1.20. The molecule has 0 saturated carbocycles. The second-order valence-corrected chi connectivity index (χ2v) is 7.72. The van der Waals surface area contributed by atoms with E-state index in [-0.39, 0.29) is 24.9 Å². The number of carbonyl (C=O) groups excluding carboxylic acids is 1. The van der Waals surface area contributed by atoms with Crippen molar-refractivity contribution >= 4 is 15.9 Å². The molecule has 6 nitrogen and oxygen atoms in total. The fourth-order valence-electron chi connectivity index (χ4n) is 2.84. The Morgan fingerprint density at radius 1 is 1.22 bits per heavy atom. The Bertz CT molecular complexity index is 598. The van der Waals surface area contributed by atoms with Crippen molar-refractivity contribution in [2.75, 3.05) is 32.4 Å². The molecule has 0 aromatic heterocycles. The van der Waals surface area contributed by atoms with Crippen molar-refractivity contribution in [1.29, 1.82) is 0 Å². The molecule has 1 aromatic rings. The van der Waals surface area contributed by atoms with E-state index in [1.807, 2.05) is 18.2 Å². The number of nitrogens with zero attached hydrogens (tertiary/aromatic N) is 1. The molecule has 1 aliphatic rings. The first-order chi connectivity index (χ1) is 11.0. The maximum absolute atomic E-state index is 11.9. The number of benzene rings is 1. The van der Waals surface area contributed by atoms with Crippen molar-refractivity contribution in [3.63, 3.8) is 0 Å². The molecule has 1 fully saturated rings. The Kier molecular flexibility index (Phi) is 6.56. The minimum atomic E-state index is -3.25. The van der Waals surface area contributed by atoms with Crippen molar-refractivity contribution < 1.29 is 13.2 Å². The fraction of sp³-hybridized carbons (Fsp3) is 0.562. The molecule has 2 rings (SSSR count). The van der Waals surface area contributed by atoms with Crippen molar-refractivity contribution in [2.45, 2.75) is 25.3 Å². The Balaban J connectivity index is 1.87. The number of likely N-dealkylation sites (tertiary alicyclic amines) is 1. The number of amides is 1. The lowest BCUT2D eigenvalue weighted by molar-refractivity contribution is -0.121. The summed E-state index contributed by atoms with van der Waals surface area (Å²) in [6.45, 7) is 2.77. The zero-order valence-electron chi connectivity index (χ0n) is 13.5. The largest absolute Gasteiger partial charge is 0.354 e. The van der Waals surface area contributed by atoms with Gasteiger partial charge in [-0.15, -0.1) is 0 Å². The molecule has 0 radical (unpaired) electrons. The van der Waals surface area contributed by atoms with Crippen molar-refractivity contribution in [3.8, 4) is 0 Å². The van der Waals surface area contributed by atoms with Gasteiger partial charge in [-0.3, -0.25) is 9.69 Å². The van der Waals surface area contributed by atoms with Crippen LogP contribution >= 0.6 is 0 Å². The van der Waals surface area contributed by atoms with E-state index in [0.717, 1.165) is 19.3 Å². The molecule has 0 aliphatic carbocycles. The van der Waals surface area contributed by atoms with Crippen LogP contribution in [0.1, 0.15) is 30.9 Å². The molecular weight excluding hydrogens is 314 g/mol. The standard InChI is InChI=1S/C16H25N3O3S/c1-23(21,22)18-10-9-16(20)17-13-15(19-11-5-6-12-19)14-7-3-2-4-8-14/h2-4,7-8,15,18H,5-6,9-13H2,1H3,(H,17,20)/t15-/m0/s1. The topological polar surface area (TPSA) is 78.5 Å².